The quantitative estimate of drug-likeness (QED) is 0.818. The number of amides is 2. The van der Waals surface area contributed by atoms with Crippen molar-refractivity contribution in [1.82, 2.24) is 5.32 Å². The van der Waals surface area contributed by atoms with Gasteiger partial charge in [0.05, 0.1) is 12.3 Å². The first kappa shape index (κ1) is 16.3. The second kappa shape index (κ2) is 8.41. The van der Waals surface area contributed by atoms with E-state index in [0.29, 0.717) is 24.6 Å². The maximum atomic E-state index is 12.0. The SMILES string of the molecule is CCOc1ccccc1NC(=O)NCC(OC)c1ccsc1. The van der Waals surface area contributed by atoms with Crippen LogP contribution in [0.2, 0.25) is 0 Å². The molecule has 2 amide bonds. The van der Waals surface area contributed by atoms with Gasteiger partial charge in [0.25, 0.3) is 0 Å². The van der Waals surface area contributed by atoms with Crippen molar-refractivity contribution < 1.29 is 14.3 Å². The third-order valence-corrected chi connectivity index (χ3v) is 3.78. The molecule has 1 unspecified atom stereocenters. The molecule has 0 radical (unpaired) electrons. The third kappa shape index (κ3) is 4.47. The molecule has 0 spiro atoms. The lowest BCUT2D eigenvalue weighted by Gasteiger charge is -2.16. The van der Waals surface area contributed by atoms with Gasteiger partial charge in [-0.3, -0.25) is 0 Å². The molecule has 1 aromatic heterocycles. The first-order valence-electron chi connectivity index (χ1n) is 7.06. The number of nitrogens with one attached hydrogen (secondary N) is 2. The Morgan fingerprint density at radius 3 is 2.82 bits per heavy atom. The number of benzene rings is 1. The van der Waals surface area contributed by atoms with E-state index in [2.05, 4.69) is 10.6 Å². The van der Waals surface area contributed by atoms with Gasteiger partial charge < -0.3 is 20.1 Å². The van der Waals surface area contributed by atoms with E-state index in [0.717, 1.165) is 5.56 Å². The molecule has 6 heteroatoms. The lowest BCUT2D eigenvalue weighted by molar-refractivity contribution is 0.105. The number of para-hydroxylation sites is 2. The molecule has 0 bridgehead atoms. The third-order valence-electron chi connectivity index (χ3n) is 3.08. The highest BCUT2D eigenvalue weighted by atomic mass is 32.1. The Labute approximate surface area is 134 Å². The van der Waals surface area contributed by atoms with Gasteiger partial charge in [-0.25, -0.2) is 4.79 Å². The van der Waals surface area contributed by atoms with Crippen LogP contribution in [0.4, 0.5) is 10.5 Å². The minimum Gasteiger partial charge on any atom is -0.492 e. The highest BCUT2D eigenvalue weighted by Crippen LogP contribution is 2.23. The molecule has 22 heavy (non-hydrogen) atoms. The molecule has 2 aromatic rings. The number of carbonyl (C=O) groups excluding carboxylic acids is 1. The number of ether oxygens (including phenoxy) is 2. The molecule has 2 rings (SSSR count). The highest BCUT2D eigenvalue weighted by molar-refractivity contribution is 7.07. The van der Waals surface area contributed by atoms with E-state index in [-0.39, 0.29) is 12.1 Å². The topological polar surface area (TPSA) is 59.6 Å². The average Bonchev–Trinajstić information content (AvgIpc) is 3.04. The number of methoxy groups -OCH3 is 1. The zero-order valence-electron chi connectivity index (χ0n) is 12.7. The van der Waals surface area contributed by atoms with Gasteiger partial charge in [0.15, 0.2) is 0 Å². The van der Waals surface area contributed by atoms with Crippen molar-refractivity contribution in [1.29, 1.82) is 0 Å². The van der Waals surface area contributed by atoms with Crippen LogP contribution in [0.1, 0.15) is 18.6 Å². The van der Waals surface area contributed by atoms with Crippen molar-refractivity contribution in [2.24, 2.45) is 0 Å². The summed E-state index contributed by atoms with van der Waals surface area (Å²) in [5, 5.41) is 9.60. The van der Waals surface area contributed by atoms with Gasteiger partial charge in [-0.1, -0.05) is 12.1 Å². The lowest BCUT2D eigenvalue weighted by Crippen LogP contribution is -2.33. The summed E-state index contributed by atoms with van der Waals surface area (Å²) in [6, 6.07) is 9.04. The highest BCUT2D eigenvalue weighted by Gasteiger charge is 2.13. The number of anilines is 1. The summed E-state index contributed by atoms with van der Waals surface area (Å²) in [5.41, 5.74) is 1.70. The molecular formula is C16H20N2O3S. The van der Waals surface area contributed by atoms with E-state index in [4.69, 9.17) is 9.47 Å². The van der Waals surface area contributed by atoms with Gasteiger partial charge in [0.2, 0.25) is 0 Å². The van der Waals surface area contributed by atoms with Gasteiger partial charge in [-0.05, 0) is 41.4 Å². The predicted molar refractivity (Wildman–Crippen MR) is 88.7 cm³/mol. The summed E-state index contributed by atoms with van der Waals surface area (Å²) in [6.45, 7) is 2.85. The zero-order valence-corrected chi connectivity index (χ0v) is 13.5. The Balaban J connectivity index is 1.90. The van der Waals surface area contributed by atoms with E-state index in [1.807, 2.05) is 41.9 Å². The maximum Gasteiger partial charge on any atom is 0.319 e. The number of carbonyl (C=O) groups is 1. The first-order chi connectivity index (χ1) is 10.7. The molecule has 2 N–H and O–H groups in total. The molecule has 0 aliphatic carbocycles. The Hall–Kier alpha value is -2.05. The monoisotopic (exact) mass is 320 g/mol. The molecule has 1 aromatic carbocycles. The smallest absolute Gasteiger partial charge is 0.319 e. The summed E-state index contributed by atoms with van der Waals surface area (Å²) in [7, 11) is 1.63. The normalized spacial score (nSPS) is 11.7. The van der Waals surface area contributed by atoms with E-state index in [1.165, 1.54) is 0 Å². The number of thiophene rings is 1. The van der Waals surface area contributed by atoms with E-state index in [1.54, 1.807) is 24.5 Å². The van der Waals surface area contributed by atoms with Crippen LogP contribution in [0.25, 0.3) is 0 Å². The molecule has 0 saturated heterocycles. The molecule has 0 saturated carbocycles. The van der Waals surface area contributed by atoms with Gasteiger partial charge >= 0.3 is 6.03 Å². The molecule has 0 aliphatic heterocycles. The Morgan fingerprint density at radius 2 is 2.14 bits per heavy atom. The van der Waals surface area contributed by atoms with E-state index in [9.17, 15) is 4.79 Å². The van der Waals surface area contributed by atoms with Gasteiger partial charge in [0.1, 0.15) is 11.9 Å². The van der Waals surface area contributed by atoms with Crippen molar-refractivity contribution >= 4 is 23.1 Å². The summed E-state index contributed by atoms with van der Waals surface area (Å²) in [6.07, 6.45) is -0.154. The van der Waals surface area contributed by atoms with Crippen molar-refractivity contribution in [3.05, 3.63) is 46.7 Å². The largest absolute Gasteiger partial charge is 0.492 e. The maximum absolute atomic E-state index is 12.0. The van der Waals surface area contributed by atoms with E-state index < -0.39 is 0 Å². The first-order valence-corrected chi connectivity index (χ1v) is 8.00. The van der Waals surface area contributed by atoms with Crippen LogP contribution >= 0.6 is 11.3 Å². The van der Waals surface area contributed by atoms with Crippen LogP contribution in [-0.2, 0) is 4.74 Å². The Kier molecular flexibility index (Phi) is 6.24. The standard InChI is InChI=1S/C16H20N2O3S/c1-3-21-14-7-5-4-6-13(14)18-16(19)17-10-15(20-2)12-8-9-22-11-12/h4-9,11,15H,3,10H2,1-2H3,(H2,17,18,19). The van der Waals surface area contributed by atoms with Crippen LogP contribution in [0.5, 0.6) is 5.75 Å². The predicted octanol–water partition coefficient (Wildman–Crippen LogP) is 3.66. The molecule has 0 fully saturated rings. The minimum absolute atomic E-state index is 0.154. The van der Waals surface area contributed by atoms with E-state index >= 15 is 0 Å². The minimum atomic E-state index is -0.288. The molecule has 1 atom stereocenters. The number of rotatable bonds is 7. The van der Waals surface area contributed by atoms with Crippen LogP contribution in [-0.4, -0.2) is 26.3 Å². The molecule has 118 valence electrons. The Bertz CT molecular complexity index is 587. The molecule has 0 aliphatic rings. The summed E-state index contributed by atoms with van der Waals surface area (Å²) in [5.74, 6) is 0.654. The molecule has 1 heterocycles. The fraction of sp³-hybridized carbons (Fsp3) is 0.312. The number of urea groups is 1. The van der Waals surface area contributed by atoms with Crippen molar-refractivity contribution in [2.75, 3.05) is 25.6 Å². The second-order valence-electron chi connectivity index (χ2n) is 4.55. The second-order valence-corrected chi connectivity index (χ2v) is 5.33. The summed E-state index contributed by atoms with van der Waals surface area (Å²) >= 11 is 1.60. The van der Waals surface area contributed by atoms with Crippen LogP contribution in [0, 0.1) is 0 Å². The van der Waals surface area contributed by atoms with Gasteiger partial charge in [-0.2, -0.15) is 11.3 Å². The number of hydrogen-bond donors (Lipinski definition) is 2. The van der Waals surface area contributed by atoms with Crippen LogP contribution in [0.3, 0.4) is 0 Å². The lowest BCUT2D eigenvalue weighted by atomic mass is 10.2. The van der Waals surface area contributed by atoms with Gasteiger partial charge in [-0.15, -0.1) is 0 Å². The van der Waals surface area contributed by atoms with Gasteiger partial charge in [0, 0.05) is 13.7 Å². The van der Waals surface area contributed by atoms with Crippen molar-refractivity contribution in [3.8, 4) is 5.75 Å². The Morgan fingerprint density at radius 1 is 1.32 bits per heavy atom. The fourth-order valence-corrected chi connectivity index (χ4v) is 2.70. The number of hydrogen-bond acceptors (Lipinski definition) is 4. The van der Waals surface area contributed by atoms with Crippen molar-refractivity contribution in [2.45, 2.75) is 13.0 Å². The van der Waals surface area contributed by atoms with Crippen molar-refractivity contribution in [3.63, 3.8) is 0 Å². The molecular weight excluding hydrogens is 300 g/mol. The van der Waals surface area contributed by atoms with Crippen LogP contribution in [0.15, 0.2) is 41.1 Å². The fourth-order valence-electron chi connectivity index (χ4n) is 2.00. The average molecular weight is 320 g/mol. The summed E-state index contributed by atoms with van der Waals surface area (Å²) in [4.78, 5) is 12.0. The summed E-state index contributed by atoms with van der Waals surface area (Å²) < 4.78 is 10.9. The van der Waals surface area contributed by atoms with Crippen LogP contribution < -0.4 is 15.4 Å². The molecule has 5 nitrogen and oxygen atoms in total. The zero-order chi connectivity index (χ0) is 15.8.